The van der Waals surface area contributed by atoms with Crippen LogP contribution >= 0.6 is 0 Å². The Morgan fingerprint density at radius 3 is 2.69 bits per heavy atom. The third-order valence-corrected chi connectivity index (χ3v) is 5.10. The third kappa shape index (κ3) is 1.52. The van der Waals surface area contributed by atoms with Gasteiger partial charge in [-0.3, -0.25) is 0 Å². The van der Waals surface area contributed by atoms with E-state index in [1.807, 2.05) is 0 Å². The van der Waals surface area contributed by atoms with Gasteiger partial charge in [-0.05, 0) is 33.2 Å². The van der Waals surface area contributed by atoms with Gasteiger partial charge in [0.2, 0.25) is 0 Å². The van der Waals surface area contributed by atoms with Gasteiger partial charge in [-0.2, -0.15) is 0 Å². The van der Waals surface area contributed by atoms with Gasteiger partial charge in [0.1, 0.15) is 6.10 Å². The van der Waals surface area contributed by atoms with Crippen LogP contribution in [0.3, 0.4) is 0 Å². The maximum Gasteiger partial charge on any atom is 0.110 e. The summed E-state index contributed by atoms with van der Waals surface area (Å²) in [7, 11) is 2.22. The van der Waals surface area contributed by atoms with Crippen molar-refractivity contribution in [2.24, 2.45) is 5.92 Å². The smallest absolute Gasteiger partial charge is 0.110 e. The summed E-state index contributed by atoms with van der Waals surface area (Å²) in [6, 6.07) is 1.06. The van der Waals surface area contributed by atoms with Gasteiger partial charge in [0, 0.05) is 18.0 Å². The molecular formula is C13H23NO2. The van der Waals surface area contributed by atoms with E-state index in [1.165, 1.54) is 25.7 Å². The highest BCUT2D eigenvalue weighted by Gasteiger charge is 2.57. The number of rotatable bonds is 1. The molecular weight excluding hydrogens is 202 g/mol. The maximum absolute atomic E-state index is 10.9. The summed E-state index contributed by atoms with van der Waals surface area (Å²) >= 11 is 0. The van der Waals surface area contributed by atoms with Crippen molar-refractivity contribution in [2.45, 2.75) is 62.8 Å². The molecule has 0 bridgehead atoms. The van der Waals surface area contributed by atoms with Crippen molar-refractivity contribution in [3.05, 3.63) is 0 Å². The number of nitrogens with zero attached hydrogens (tertiary/aromatic N) is 1. The number of piperidine rings is 1. The lowest BCUT2D eigenvalue weighted by Crippen LogP contribution is -2.63. The summed E-state index contributed by atoms with van der Waals surface area (Å²) in [4.78, 5) is 2.49. The first-order valence-electron chi connectivity index (χ1n) is 6.69. The van der Waals surface area contributed by atoms with Gasteiger partial charge in [0.25, 0.3) is 0 Å². The van der Waals surface area contributed by atoms with Crippen LogP contribution in [0, 0.1) is 5.92 Å². The molecule has 3 aliphatic rings. The van der Waals surface area contributed by atoms with E-state index in [2.05, 4.69) is 18.9 Å². The Balaban J connectivity index is 1.88. The Kier molecular flexibility index (Phi) is 2.54. The molecule has 1 aliphatic carbocycles. The normalized spacial score (nSPS) is 53.4. The number of ether oxygens (including phenoxy) is 1. The van der Waals surface area contributed by atoms with Gasteiger partial charge < -0.3 is 14.7 Å². The molecule has 16 heavy (non-hydrogen) atoms. The van der Waals surface area contributed by atoms with Gasteiger partial charge in [-0.1, -0.05) is 12.8 Å². The van der Waals surface area contributed by atoms with Crippen LogP contribution in [-0.4, -0.2) is 47.4 Å². The lowest BCUT2D eigenvalue weighted by Gasteiger charge is -2.53. The van der Waals surface area contributed by atoms with E-state index in [9.17, 15) is 5.11 Å². The predicted octanol–water partition coefficient (Wildman–Crippen LogP) is 1.40. The van der Waals surface area contributed by atoms with Crippen LogP contribution in [0.4, 0.5) is 0 Å². The highest BCUT2D eigenvalue weighted by Crippen LogP contribution is 2.47. The quantitative estimate of drug-likeness (QED) is 0.685. The second kappa shape index (κ2) is 3.69. The molecule has 0 aromatic heterocycles. The van der Waals surface area contributed by atoms with Crippen LogP contribution in [0.5, 0.6) is 0 Å². The second-order valence-corrected chi connectivity index (χ2v) is 5.99. The van der Waals surface area contributed by atoms with Gasteiger partial charge >= 0.3 is 0 Å². The number of aliphatic hydroxyl groups is 1. The Bertz CT molecular complexity index is 279. The third-order valence-electron chi connectivity index (χ3n) is 5.10. The highest BCUT2D eigenvalue weighted by molar-refractivity contribution is 5.09. The summed E-state index contributed by atoms with van der Waals surface area (Å²) in [6.45, 7) is 3.01. The minimum Gasteiger partial charge on any atom is -0.387 e. The van der Waals surface area contributed by atoms with Crippen molar-refractivity contribution < 1.29 is 9.84 Å². The fraction of sp³-hybridized carbons (Fsp3) is 1.00. The standard InChI is InChI=1S/C13H23NO2/c1-9-7-13(15,12-8-16-12)10-5-3-4-6-11(10)14(9)2/h9-12,15H,3-8H2,1-2H3/t9-,10?,11?,12?,13-/m1/s1. The summed E-state index contributed by atoms with van der Waals surface area (Å²) in [5.41, 5.74) is -0.531. The second-order valence-electron chi connectivity index (χ2n) is 5.99. The first-order valence-corrected chi connectivity index (χ1v) is 6.69. The van der Waals surface area contributed by atoms with Crippen molar-refractivity contribution in [3.63, 3.8) is 0 Å². The van der Waals surface area contributed by atoms with E-state index in [-0.39, 0.29) is 6.10 Å². The van der Waals surface area contributed by atoms with Gasteiger partial charge in [0.05, 0.1) is 12.2 Å². The highest BCUT2D eigenvalue weighted by atomic mass is 16.6. The molecule has 2 aliphatic heterocycles. The molecule has 5 atom stereocenters. The molecule has 3 nitrogen and oxygen atoms in total. The molecule has 1 saturated carbocycles. The maximum atomic E-state index is 10.9. The Morgan fingerprint density at radius 1 is 1.31 bits per heavy atom. The Hall–Kier alpha value is -0.120. The number of hydrogen-bond acceptors (Lipinski definition) is 3. The average molecular weight is 225 g/mol. The summed E-state index contributed by atoms with van der Waals surface area (Å²) in [6.07, 6.45) is 6.04. The van der Waals surface area contributed by atoms with E-state index in [1.54, 1.807) is 0 Å². The average Bonchev–Trinajstić information content (AvgIpc) is 3.10. The summed E-state index contributed by atoms with van der Waals surface area (Å²) in [5, 5.41) is 10.9. The summed E-state index contributed by atoms with van der Waals surface area (Å²) < 4.78 is 5.42. The summed E-state index contributed by atoms with van der Waals surface area (Å²) in [5.74, 6) is 0.440. The van der Waals surface area contributed by atoms with E-state index >= 15 is 0 Å². The van der Waals surface area contributed by atoms with Gasteiger partial charge in [-0.25, -0.2) is 0 Å². The zero-order valence-electron chi connectivity index (χ0n) is 10.4. The Labute approximate surface area is 97.8 Å². The lowest BCUT2D eigenvalue weighted by molar-refractivity contribution is -0.138. The molecule has 0 radical (unpaired) electrons. The molecule has 3 unspecified atom stereocenters. The SMILES string of the molecule is C[C@@H]1C[C@](O)(C2CO2)C2CCCCC2N1C. The van der Waals surface area contributed by atoms with Crippen LogP contribution in [0.1, 0.15) is 39.0 Å². The first kappa shape index (κ1) is 11.0. The molecule has 0 aromatic carbocycles. The van der Waals surface area contributed by atoms with Crippen LogP contribution in [-0.2, 0) is 4.74 Å². The molecule has 3 fully saturated rings. The number of hydrogen-bond donors (Lipinski definition) is 1. The van der Waals surface area contributed by atoms with Crippen molar-refractivity contribution in [2.75, 3.05) is 13.7 Å². The first-order chi connectivity index (χ1) is 7.63. The van der Waals surface area contributed by atoms with Crippen LogP contribution in [0.2, 0.25) is 0 Å². The van der Waals surface area contributed by atoms with E-state index in [4.69, 9.17) is 4.74 Å². The van der Waals surface area contributed by atoms with Crippen LogP contribution < -0.4 is 0 Å². The molecule has 2 heterocycles. The van der Waals surface area contributed by atoms with Crippen LogP contribution in [0.25, 0.3) is 0 Å². The number of likely N-dealkylation sites (tertiary alicyclic amines) is 1. The zero-order chi connectivity index (χ0) is 11.3. The fourth-order valence-corrected chi connectivity index (χ4v) is 3.98. The van der Waals surface area contributed by atoms with E-state index in [0.717, 1.165) is 13.0 Å². The molecule has 0 spiro atoms. The van der Waals surface area contributed by atoms with Crippen molar-refractivity contribution in [1.29, 1.82) is 0 Å². The molecule has 0 aromatic rings. The van der Waals surface area contributed by atoms with E-state index < -0.39 is 5.60 Å². The molecule has 92 valence electrons. The minimum absolute atomic E-state index is 0.134. The van der Waals surface area contributed by atoms with Crippen molar-refractivity contribution in [3.8, 4) is 0 Å². The molecule has 3 rings (SSSR count). The molecule has 0 amide bonds. The molecule has 2 saturated heterocycles. The monoisotopic (exact) mass is 225 g/mol. The van der Waals surface area contributed by atoms with E-state index in [0.29, 0.717) is 18.0 Å². The largest absolute Gasteiger partial charge is 0.387 e. The van der Waals surface area contributed by atoms with Gasteiger partial charge in [0.15, 0.2) is 0 Å². The van der Waals surface area contributed by atoms with Gasteiger partial charge in [-0.15, -0.1) is 0 Å². The molecule has 1 N–H and O–H groups in total. The lowest BCUT2D eigenvalue weighted by atomic mass is 9.66. The van der Waals surface area contributed by atoms with Crippen molar-refractivity contribution >= 4 is 0 Å². The Morgan fingerprint density at radius 2 is 2.00 bits per heavy atom. The predicted molar refractivity (Wildman–Crippen MR) is 62.3 cm³/mol. The number of fused-ring (bicyclic) bond motifs is 1. The minimum atomic E-state index is -0.531. The van der Waals surface area contributed by atoms with Crippen LogP contribution in [0.15, 0.2) is 0 Å². The van der Waals surface area contributed by atoms with Crippen molar-refractivity contribution in [1.82, 2.24) is 4.90 Å². The molecule has 3 heteroatoms. The zero-order valence-corrected chi connectivity index (χ0v) is 10.4. The topological polar surface area (TPSA) is 36.0 Å². The number of epoxide rings is 1. The fourth-order valence-electron chi connectivity index (χ4n) is 3.98.